The monoisotopic (exact) mass is 264 g/mol. The van der Waals surface area contributed by atoms with E-state index in [2.05, 4.69) is 0 Å². The molecule has 2 aromatic carbocycles. The Kier molecular flexibility index (Phi) is 3.93. The molecule has 0 aliphatic carbocycles. The average Bonchev–Trinajstić information content (AvgIpc) is 2.37. The van der Waals surface area contributed by atoms with Crippen molar-refractivity contribution in [2.75, 3.05) is 0 Å². The number of aryl methyl sites for hydroxylation is 2. The van der Waals surface area contributed by atoms with E-state index >= 15 is 0 Å². The maximum Gasteiger partial charge on any atom is 0.389 e. The summed E-state index contributed by atoms with van der Waals surface area (Å²) < 4.78 is 37.1. The number of hydrogen-bond acceptors (Lipinski definition) is 0. The molecule has 0 amide bonds. The van der Waals surface area contributed by atoms with E-state index < -0.39 is 12.6 Å². The van der Waals surface area contributed by atoms with Gasteiger partial charge in [0.2, 0.25) is 0 Å². The fraction of sp³-hybridized carbons (Fsp3) is 0.250. The van der Waals surface area contributed by atoms with Crippen LogP contribution in [0.1, 0.15) is 17.5 Å². The molecule has 0 nitrogen and oxygen atoms in total. The highest BCUT2D eigenvalue weighted by molar-refractivity contribution is 5.70. The van der Waals surface area contributed by atoms with Crippen molar-refractivity contribution in [2.24, 2.45) is 0 Å². The molecule has 0 aliphatic rings. The van der Waals surface area contributed by atoms with Crippen LogP contribution in [-0.2, 0) is 6.42 Å². The summed E-state index contributed by atoms with van der Waals surface area (Å²) in [7, 11) is 0. The molecule has 2 aromatic rings. The van der Waals surface area contributed by atoms with Gasteiger partial charge in [-0.1, -0.05) is 48.5 Å². The Balaban J connectivity index is 2.34. The zero-order valence-corrected chi connectivity index (χ0v) is 10.7. The van der Waals surface area contributed by atoms with Gasteiger partial charge in [-0.3, -0.25) is 0 Å². The standard InChI is InChI=1S/C16H15F3/c1-12-6-2-4-8-14(12)15-9-5-3-7-13(15)10-11-16(17,18)19/h2-9H,10-11H2,1H3. The lowest BCUT2D eigenvalue weighted by molar-refractivity contribution is -0.133. The summed E-state index contributed by atoms with van der Waals surface area (Å²) in [6.07, 6.45) is -4.87. The van der Waals surface area contributed by atoms with Crippen LogP contribution in [0.15, 0.2) is 48.5 Å². The van der Waals surface area contributed by atoms with Crippen molar-refractivity contribution >= 4 is 0 Å². The van der Waals surface area contributed by atoms with Gasteiger partial charge < -0.3 is 0 Å². The summed E-state index contributed by atoms with van der Waals surface area (Å²) in [5.74, 6) is 0. The van der Waals surface area contributed by atoms with Crippen LogP contribution in [0.25, 0.3) is 11.1 Å². The SMILES string of the molecule is Cc1ccccc1-c1ccccc1CCC(F)(F)F. The van der Waals surface area contributed by atoms with Crippen molar-refractivity contribution in [1.82, 2.24) is 0 Å². The number of alkyl halides is 3. The minimum Gasteiger partial charge on any atom is -0.171 e. The summed E-state index contributed by atoms with van der Waals surface area (Å²) in [5, 5.41) is 0. The van der Waals surface area contributed by atoms with E-state index in [9.17, 15) is 13.2 Å². The van der Waals surface area contributed by atoms with Crippen LogP contribution in [-0.4, -0.2) is 6.18 Å². The predicted molar refractivity (Wildman–Crippen MR) is 71.0 cm³/mol. The summed E-state index contributed by atoms with van der Waals surface area (Å²) in [6.45, 7) is 1.97. The van der Waals surface area contributed by atoms with Crippen LogP contribution in [0.5, 0.6) is 0 Å². The molecule has 0 aliphatic heterocycles. The van der Waals surface area contributed by atoms with Crippen LogP contribution < -0.4 is 0 Å². The Morgan fingerprint density at radius 2 is 1.42 bits per heavy atom. The maximum atomic E-state index is 12.4. The third-order valence-corrected chi connectivity index (χ3v) is 3.13. The Hall–Kier alpha value is -1.77. The first-order valence-electron chi connectivity index (χ1n) is 6.18. The summed E-state index contributed by atoms with van der Waals surface area (Å²) >= 11 is 0. The maximum absolute atomic E-state index is 12.4. The van der Waals surface area contributed by atoms with Crippen LogP contribution in [0.3, 0.4) is 0 Å². The van der Waals surface area contributed by atoms with Gasteiger partial charge in [-0.15, -0.1) is 0 Å². The predicted octanol–water partition coefficient (Wildman–Crippen LogP) is 5.16. The molecule has 0 atom stereocenters. The van der Waals surface area contributed by atoms with Crippen molar-refractivity contribution in [1.29, 1.82) is 0 Å². The largest absolute Gasteiger partial charge is 0.389 e. The topological polar surface area (TPSA) is 0 Å². The second kappa shape index (κ2) is 5.47. The fourth-order valence-corrected chi connectivity index (χ4v) is 2.15. The van der Waals surface area contributed by atoms with E-state index in [1.54, 1.807) is 12.1 Å². The molecule has 0 bridgehead atoms. The summed E-state index contributed by atoms with van der Waals surface area (Å²) in [6, 6.07) is 15.0. The smallest absolute Gasteiger partial charge is 0.171 e. The van der Waals surface area contributed by atoms with Crippen LogP contribution in [0.2, 0.25) is 0 Å². The quantitative estimate of drug-likeness (QED) is 0.718. The first kappa shape index (κ1) is 13.7. The Morgan fingerprint density at radius 1 is 0.842 bits per heavy atom. The number of halogens is 3. The lowest BCUT2D eigenvalue weighted by Crippen LogP contribution is -2.09. The molecule has 0 aromatic heterocycles. The van der Waals surface area contributed by atoms with Crippen molar-refractivity contribution in [3.05, 3.63) is 59.7 Å². The molecule has 0 unspecified atom stereocenters. The molecule has 3 heteroatoms. The average molecular weight is 264 g/mol. The van der Waals surface area contributed by atoms with E-state index in [-0.39, 0.29) is 6.42 Å². The molecular formula is C16H15F3. The zero-order valence-electron chi connectivity index (χ0n) is 10.7. The number of benzene rings is 2. The van der Waals surface area contributed by atoms with Crippen molar-refractivity contribution in [3.8, 4) is 11.1 Å². The molecule has 2 rings (SSSR count). The first-order valence-corrected chi connectivity index (χ1v) is 6.18. The minimum absolute atomic E-state index is 0.0218. The zero-order chi connectivity index (χ0) is 13.9. The van der Waals surface area contributed by atoms with Gasteiger partial charge in [0.25, 0.3) is 0 Å². The van der Waals surface area contributed by atoms with E-state index in [4.69, 9.17) is 0 Å². The molecule has 0 heterocycles. The number of rotatable bonds is 3. The molecule has 0 saturated heterocycles. The number of hydrogen-bond donors (Lipinski definition) is 0. The van der Waals surface area contributed by atoms with E-state index in [1.165, 1.54) is 0 Å². The van der Waals surface area contributed by atoms with Crippen LogP contribution in [0, 0.1) is 6.92 Å². The third-order valence-electron chi connectivity index (χ3n) is 3.13. The summed E-state index contributed by atoms with van der Waals surface area (Å²) in [4.78, 5) is 0. The Labute approximate surface area is 110 Å². The molecule has 0 N–H and O–H groups in total. The minimum atomic E-state index is -4.11. The third kappa shape index (κ3) is 3.60. The van der Waals surface area contributed by atoms with E-state index in [1.807, 2.05) is 43.3 Å². The fourth-order valence-electron chi connectivity index (χ4n) is 2.15. The molecule has 100 valence electrons. The van der Waals surface area contributed by atoms with Crippen molar-refractivity contribution < 1.29 is 13.2 Å². The Bertz CT molecular complexity index is 556. The van der Waals surface area contributed by atoms with Gasteiger partial charge in [-0.25, -0.2) is 0 Å². The van der Waals surface area contributed by atoms with Crippen molar-refractivity contribution in [2.45, 2.75) is 25.9 Å². The van der Waals surface area contributed by atoms with Gasteiger partial charge in [0.15, 0.2) is 0 Å². The molecule has 19 heavy (non-hydrogen) atoms. The van der Waals surface area contributed by atoms with Gasteiger partial charge in [0, 0.05) is 6.42 Å². The molecule has 0 spiro atoms. The van der Waals surface area contributed by atoms with Crippen molar-refractivity contribution in [3.63, 3.8) is 0 Å². The normalized spacial score (nSPS) is 11.6. The summed E-state index contributed by atoms with van der Waals surface area (Å²) in [5.41, 5.74) is 3.71. The van der Waals surface area contributed by atoms with Gasteiger partial charge in [-0.2, -0.15) is 13.2 Å². The van der Waals surface area contributed by atoms with E-state index in [0.717, 1.165) is 22.3 Å². The second-order valence-corrected chi connectivity index (χ2v) is 4.59. The van der Waals surface area contributed by atoms with Crippen LogP contribution >= 0.6 is 0 Å². The van der Waals surface area contributed by atoms with Gasteiger partial charge in [0.05, 0.1) is 0 Å². The highest BCUT2D eigenvalue weighted by atomic mass is 19.4. The lowest BCUT2D eigenvalue weighted by Gasteiger charge is -2.13. The lowest BCUT2D eigenvalue weighted by atomic mass is 9.94. The second-order valence-electron chi connectivity index (χ2n) is 4.59. The molecule has 0 fully saturated rings. The van der Waals surface area contributed by atoms with Gasteiger partial charge >= 0.3 is 6.18 Å². The Morgan fingerprint density at radius 3 is 2.05 bits per heavy atom. The van der Waals surface area contributed by atoms with Crippen LogP contribution in [0.4, 0.5) is 13.2 Å². The van der Waals surface area contributed by atoms with E-state index in [0.29, 0.717) is 0 Å². The van der Waals surface area contributed by atoms with Gasteiger partial charge in [-0.05, 0) is 35.6 Å². The van der Waals surface area contributed by atoms with Gasteiger partial charge in [0.1, 0.15) is 0 Å². The molecule has 0 radical (unpaired) electrons. The first-order chi connectivity index (χ1) is 8.97. The molecular weight excluding hydrogens is 249 g/mol. The highest BCUT2D eigenvalue weighted by Gasteiger charge is 2.26. The highest BCUT2D eigenvalue weighted by Crippen LogP contribution is 2.30. The molecule has 0 saturated carbocycles.